The molecule has 0 saturated carbocycles. The first-order valence-corrected chi connectivity index (χ1v) is 16.3. The SMILES string of the molecule is COc1ccc(C(OC[C@H]2O[C@@H](n3cnc4c(NC(=O)c5ccccc5)ncnc43)[C@@](C)(F)[C@@H]2O)(c2ccccc2)c2ccc(OC)cc2)cc1. The predicted molar refractivity (Wildman–Crippen MR) is 187 cm³/mol. The number of benzene rings is 4. The van der Waals surface area contributed by atoms with E-state index in [1.165, 1.54) is 24.1 Å². The van der Waals surface area contributed by atoms with Crippen LogP contribution in [0.3, 0.4) is 0 Å². The van der Waals surface area contributed by atoms with Crippen LogP contribution in [0.2, 0.25) is 0 Å². The molecule has 3 heterocycles. The fraction of sp³-hybridized carbons (Fsp3) is 0.231. The molecule has 1 saturated heterocycles. The Balaban J connectivity index is 1.22. The summed E-state index contributed by atoms with van der Waals surface area (Å²) in [7, 11) is 3.19. The predicted octanol–water partition coefficient (Wildman–Crippen LogP) is 6.09. The molecule has 4 atom stereocenters. The van der Waals surface area contributed by atoms with Gasteiger partial charge in [0.1, 0.15) is 35.6 Å². The van der Waals surface area contributed by atoms with E-state index in [0.29, 0.717) is 17.1 Å². The number of carbonyl (C=O) groups excluding carboxylic acids is 1. The first kappa shape index (κ1) is 33.8. The molecule has 6 aromatic rings. The molecule has 0 spiro atoms. The Kier molecular flexibility index (Phi) is 9.21. The van der Waals surface area contributed by atoms with Crippen molar-refractivity contribution in [3.8, 4) is 11.5 Å². The van der Waals surface area contributed by atoms with Gasteiger partial charge in [0.25, 0.3) is 5.91 Å². The van der Waals surface area contributed by atoms with Crippen molar-refractivity contribution in [3.63, 3.8) is 0 Å². The minimum absolute atomic E-state index is 0.151. The number of amides is 1. The van der Waals surface area contributed by atoms with Crippen molar-refractivity contribution in [3.05, 3.63) is 144 Å². The first-order valence-electron chi connectivity index (χ1n) is 16.3. The summed E-state index contributed by atoms with van der Waals surface area (Å²) >= 11 is 0. The minimum Gasteiger partial charge on any atom is -0.497 e. The van der Waals surface area contributed by atoms with Crippen LogP contribution >= 0.6 is 0 Å². The summed E-state index contributed by atoms with van der Waals surface area (Å²) in [5.74, 6) is 1.10. The maximum absolute atomic E-state index is 16.7. The molecule has 0 aliphatic carbocycles. The van der Waals surface area contributed by atoms with E-state index < -0.39 is 29.7 Å². The Morgan fingerprint density at radius 3 is 2.02 bits per heavy atom. The number of carbonyl (C=O) groups is 1. The lowest BCUT2D eigenvalue weighted by Crippen LogP contribution is -2.42. The van der Waals surface area contributed by atoms with E-state index >= 15 is 4.39 Å². The van der Waals surface area contributed by atoms with Gasteiger partial charge >= 0.3 is 0 Å². The molecule has 1 fully saturated rings. The standard InChI is InChI=1S/C39H36FN5O6/c1-38(40)33(46)31(51-37(38)45-24-43-32-34(41-23-42-35(32)45)44-36(47)25-10-6-4-7-11-25)22-50-39(26-12-8-5-9-13-26,27-14-18-29(48-2)19-15-27)28-16-20-30(49-3)21-17-28/h4-21,23-24,31,33,37,46H,22H2,1-3H3,(H,41,42,44,47)/t31-,33-,37-,38+/m1/s1. The molecule has 1 aliphatic heterocycles. The van der Waals surface area contributed by atoms with Crippen molar-refractivity contribution in [2.75, 3.05) is 26.1 Å². The number of aliphatic hydroxyl groups is 1. The highest BCUT2D eigenvalue weighted by Gasteiger charge is 2.56. The summed E-state index contributed by atoms with van der Waals surface area (Å²) in [5.41, 5.74) is -0.285. The first-order chi connectivity index (χ1) is 24.8. The van der Waals surface area contributed by atoms with E-state index in [4.69, 9.17) is 18.9 Å². The van der Waals surface area contributed by atoms with Crippen molar-refractivity contribution in [2.45, 2.75) is 36.6 Å². The number of halogens is 1. The summed E-state index contributed by atoms with van der Waals surface area (Å²) in [6.07, 6.45) is -1.44. The summed E-state index contributed by atoms with van der Waals surface area (Å²) in [5, 5.41) is 14.2. The van der Waals surface area contributed by atoms with Gasteiger partial charge in [-0.1, -0.05) is 72.8 Å². The van der Waals surface area contributed by atoms with Crippen LogP contribution in [0.15, 0.2) is 122 Å². The second-order valence-corrected chi connectivity index (χ2v) is 12.3. The number of fused-ring (bicyclic) bond motifs is 1. The molecule has 2 N–H and O–H groups in total. The van der Waals surface area contributed by atoms with Crippen LogP contribution in [0.1, 0.15) is 40.2 Å². The zero-order valence-corrected chi connectivity index (χ0v) is 28.1. The largest absolute Gasteiger partial charge is 0.497 e. The molecule has 7 rings (SSSR count). The Labute approximate surface area is 293 Å². The molecular formula is C39H36FN5O6. The Morgan fingerprint density at radius 2 is 1.43 bits per heavy atom. The summed E-state index contributed by atoms with van der Waals surface area (Å²) in [4.78, 5) is 25.8. The minimum atomic E-state index is -2.30. The van der Waals surface area contributed by atoms with Gasteiger partial charge in [-0.15, -0.1) is 0 Å². The lowest BCUT2D eigenvalue weighted by atomic mass is 9.80. The number of imidazole rings is 1. The van der Waals surface area contributed by atoms with Gasteiger partial charge in [0.2, 0.25) is 0 Å². The number of aromatic nitrogens is 4. The third-order valence-corrected chi connectivity index (χ3v) is 9.23. The fourth-order valence-corrected chi connectivity index (χ4v) is 6.52. The average molecular weight is 690 g/mol. The summed E-state index contributed by atoms with van der Waals surface area (Å²) in [6, 6.07) is 33.3. The number of anilines is 1. The number of hydrogen-bond acceptors (Lipinski definition) is 9. The highest BCUT2D eigenvalue weighted by atomic mass is 19.1. The van der Waals surface area contributed by atoms with Gasteiger partial charge < -0.3 is 29.4 Å². The molecule has 0 bridgehead atoms. The van der Waals surface area contributed by atoms with Gasteiger partial charge in [0, 0.05) is 5.56 Å². The number of ether oxygens (including phenoxy) is 4. The van der Waals surface area contributed by atoms with Gasteiger partial charge in [-0.05, 0) is 60.0 Å². The summed E-state index contributed by atoms with van der Waals surface area (Å²) < 4.78 is 42.2. The van der Waals surface area contributed by atoms with Crippen LogP contribution in [-0.2, 0) is 15.1 Å². The number of alkyl halides is 1. The molecule has 0 radical (unpaired) electrons. The third-order valence-electron chi connectivity index (χ3n) is 9.23. The molecule has 1 amide bonds. The number of nitrogens with one attached hydrogen (secondary N) is 1. The van der Waals surface area contributed by atoms with E-state index in [-0.39, 0.29) is 29.5 Å². The maximum Gasteiger partial charge on any atom is 0.256 e. The van der Waals surface area contributed by atoms with Crippen molar-refractivity contribution >= 4 is 22.9 Å². The third kappa shape index (κ3) is 6.18. The zero-order chi connectivity index (χ0) is 35.6. The van der Waals surface area contributed by atoms with Gasteiger partial charge in [0.05, 0.1) is 27.2 Å². The smallest absolute Gasteiger partial charge is 0.256 e. The Morgan fingerprint density at radius 1 is 0.863 bits per heavy atom. The molecule has 11 nitrogen and oxygen atoms in total. The molecule has 0 unspecified atom stereocenters. The maximum atomic E-state index is 16.7. The van der Waals surface area contributed by atoms with Crippen LogP contribution < -0.4 is 14.8 Å². The molecule has 2 aromatic heterocycles. The monoisotopic (exact) mass is 689 g/mol. The van der Waals surface area contributed by atoms with Gasteiger partial charge in [-0.3, -0.25) is 9.36 Å². The molecule has 4 aromatic carbocycles. The van der Waals surface area contributed by atoms with Crippen molar-refractivity contribution in [1.29, 1.82) is 0 Å². The van der Waals surface area contributed by atoms with Gasteiger partial charge in [0.15, 0.2) is 28.9 Å². The van der Waals surface area contributed by atoms with Gasteiger partial charge in [-0.25, -0.2) is 19.3 Å². The van der Waals surface area contributed by atoms with E-state index in [0.717, 1.165) is 16.7 Å². The van der Waals surface area contributed by atoms with Crippen LogP contribution in [0.25, 0.3) is 11.2 Å². The van der Waals surface area contributed by atoms with Crippen molar-refractivity contribution in [1.82, 2.24) is 19.5 Å². The molecule has 51 heavy (non-hydrogen) atoms. The Bertz CT molecular complexity index is 2060. The fourth-order valence-electron chi connectivity index (χ4n) is 6.52. The number of hydrogen-bond donors (Lipinski definition) is 2. The molecule has 260 valence electrons. The van der Waals surface area contributed by atoms with Crippen molar-refractivity contribution < 1.29 is 33.2 Å². The lowest BCUT2D eigenvalue weighted by molar-refractivity contribution is -0.0949. The number of methoxy groups -OCH3 is 2. The van der Waals surface area contributed by atoms with Crippen LogP contribution in [-0.4, -0.2) is 69.2 Å². The molecule has 1 aliphatic rings. The van der Waals surface area contributed by atoms with E-state index in [2.05, 4.69) is 20.3 Å². The second-order valence-electron chi connectivity index (χ2n) is 12.3. The highest BCUT2D eigenvalue weighted by Crippen LogP contribution is 2.46. The van der Waals surface area contributed by atoms with Crippen LogP contribution in [0, 0.1) is 0 Å². The summed E-state index contributed by atoms with van der Waals surface area (Å²) in [6.45, 7) is 1.06. The van der Waals surface area contributed by atoms with Crippen molar-refractivity contribution in [2.24, 2.45) is 0 Å². The zero-order valence-electron chi connectivity index (χ0n) is 28.1. The quantitative estimate of drug-likeness (QED) is 0.155. The highest BCUT2D eigenvalue weighted by molar-refractivity contribution is 6.06. The number of nitrogens with zero attached hydrogens (tertiary/aromatic N) is 4. The van der Waals surface area contributed by atoms with E-state index in [1.807, 2.05) is 84.9 Å². The molecule has 12 heteroatoms. The average Bonchev–Trinajstić information content (AvgIpc) is 3.70. The molecular weight excluding hydrogens is 653 g/mol. The normalized spacial score (nSPS) is 20.3. The van der Waals surface area contributed by atoms with Crippen LogP contribution in [0.5, 0.6) is 11.5 Å². The second kappa shape index (κ2) is 13.9. The number of rotatable bonds is 11. The number of aliphatic hydroxyl groups excluding tert-OH is 1. The van der Waals surface area contributed by atoms with Gasteiger partial charge in [-0.2, -0.15) is 0 Å². The lowest BCUT2D eigenvalue weighted by Gasteiger charge is -2.37. The Hall–Kier alpha value is -5.69. The van der Waals surface area contributed by atoms with Crippen LogP contribution in [0.4, 0.5) is 10.2 Å². The topological polar surface area (TPSA) is 130 Å². The van der Waals surface area contributed by atoms with E-state index in [9.17, 15) is 9.90 Å². The van der Waals surface area contributed by atoms with E-state index in [1.54, 1.807) is 38.5 Å².